The highest BCUT2D eigenvalue weighted by Gasteiger charge is 2.13. The molecule has 0 heterocycles. The van der Waals surface area contributed by atoms with Gasteiger partial charge in [-0.2, -0.15) is 0 Å². The Hall–Kier alpha value is -0.610. The van der Waals surface area contributed by atoms with E-state index in [0.29, 0.717) is 6.04 Å². The van der Waals surface area contributed by atoms with E-state index in [1.54, 1.807) is 0 Å². The molecule has 12 heavy (non-hydrogen) atoms. The van der Waals surface area contributed by atoms with Gasteiger partial charge in [0.2, 0.25) is 0 Å². The van der Waals surface area contributed by atoms with E-state index < -0.39 is 0 Å². The summed E-state index contributed by atoms with van der Waals surface area (Å²) >= 11 is 0. The molecular weight excluding hydrogens is 154 g/mol. The normalized spacial score (nSPS) is 22.6. The third-order valence-electron chi connectivity index (χ3n) is 1.75. The Labute approximate surface area is 73.6 Å². The zero-order valence-electron chi connectivity index (χ0n) is 7.66. The fraction of sp³-hybridized carbons (Fsp3) is 0.875. The predicted molar refractivity (Wildman–Crippen MR) is 50.4 cm³/mol. The molecule has 72 valence electrons. The van der Waals surface area contributed by atoms with Crippen LogP contribution in [0.4, 0.5) is 0 Å². The van der Waals surface area contributed by atoms with Gasteiger partial charge in [-0.1, -0.05) is 12.1 Å². The maximum Gasteiger partial charge on any atom is 0.0572 e. The highest BCUT2D eigenvalue weighted by molar-refractivity contribution is 5.84. The lowest BCUT2D eigenvalue weighted by molar-refractivity contribution is 0.313. The van der Waals surface area contributed by atoms with E-state index in [1.807, 2.05) is 6.92 Å². The minimum absolute atomic E-state index is 0.329. The molecule has 0 aromatic rings. The van der Waals surface area contributed by atoms with E-state index in [2.05, 4.69) is 5.16 Å². The van der Waals surface area contributed by atoms with Gasteiger partial charge < -0.3 is 16.7 Å². The summed E-state index contributed by atoms with van der Waals surface area (Å²) in [6.45, 7) is 2.65. The van der Waals surface area contributed by atoms with Crippen molar-refractivity contribution in [3.05, 3.63) is 0 Å². The van der Waals surface area contributed by atoms with Crippen molar-refractivity contribution >= 4 is 5.71 Å². The van der Waals surface area contributed by atoms with Gasteiger partial charge >= 0.3 is 0 Å². The molecule has 0 saturated heterocycles. The van der Waals surface area contributed by atoms with E-state index >= 15 is 0 Å². The first-order chi connectivity index (χ1) is 5.74. The predicted octanol–water partition coefficient (Wildman–Crippen LogP) is 0.683. The van der Waals surface area contributed by atoms with Gasteiger partial charge in [-0.3, -0.25) is 0 Å². The van der Waals surface area contributed by atoms with Gasteiger partial charge in [0, 0.05) is 6.04 Å². The van der Waals surface area contributed by atoms with Gasteiger partial charge in [-0.15, -0.1) is 0 Å². The molecule has 1 saturated carbocycles. The van der Waals surface area contributed by atoms with Crippen LogP contribution in [-0.2, 0) is 0 Å². The van der Waals surface area contributed by atoms with E-state index in [1.165, 1.54) is 0 Å². The number of hydrogen-bond acceptors (Lipinski definition) is 4. The zero-order valence-corrected chi connectivity index (χ0v) is 7.66. The zero-order chi connectivity index (χ0) is 9.40. The fourth-order valence-corrected chi connectivity index (χ4v) is 1.07. The molecule has 0 aromatic carbocycles. The van der Waals surface area contributed by atoms with Crippen molar-refractivity contribution in [3.8, 4) is 0 Å². The van der Waals surface area contributed by atoms with Crippen molar-refractivity contribution in [2.45, 2.75) is 38.6 Å². The van der Waals surface area contributed by atoms with Gasteiger partial charge in [0.05, 0.1) is 5.71 Å². The van der Waals surface area contributed by atoms with Crippen LogP contribution in [0, 0.1) is 0 Å². The van der Waals surface area contributed by atoms with E-state index in [-0.39, 0.29) is 0 Å². The highest BCUT2D eigenvalue weighted by atomic mass is 16.4. The summed E-state index contributed by atoms with van der Waals surface area (Å²) < 4.78 is 0. The number of rotatable bonds is 0. The molecule has 5 N–H and O–H groups in total. The summed E-state index contributed by atoms with van der Waals surface area (Å²) in [5.74, 6) is 0. The molecule has 0 atom stereocenters. The summed E-state index contributed by atoms with van der Waals surface area (Å²) in [5.41, 5.74) is 11.4. The molecule has 4 nitrogen and oxygen atoms in total. The Bertz CT molecular complexity index is 126. The van der Waals surface area contributed by atoms with Crippen LogP contribution in [0.3, 0.4) is 0 Å². The monoisotopic (exact) mass is 173 g/mol. The Morgan fingerprint density at radius 2 is 1.92 bits per heavy atom. The van der Waals surface area contributed by atoms with Crippen molar-refractivity contribution in [2.75, 3.05) is 6.54 Å². The maximum atomic E-state index is 8.32. The lowest BCUT2D eigenvalue weighted by Crippen LogP contribution is -2.26. The third kappa shape index (κ3) is 5.09. The van der Waals surface area contributed by atoms with Gasteiger partial charge in [-0.25, -0.2) is 0 Å². The number of nitrogens with two attached hydrogens (primary N) is 2. The van der Waals surface area contributed by atoms with Crippen LogP contribution in [-0.4, -0.2) is 23.5 Å². The second kappa shape index (κ2) is 7.06. The molecule has 4 heteroatoms. The van der Waals surface area contributed by atoms with Crippen LogP contribution in [0.1, 0.15) is 32.6 Å². The molecule has 0 bridgehead atoms. The Kier molecular flexibility index (Phi) is 6.70. The van der Waals surface area contributed by atoms with Gasteiger partial charge in [-0.05, 0) is 32.2 Å². The van der Waals surface area contributed by atoms with Crippen molar-refractivity contribution < 1.29 is 5.21 Å². The quantitative estimate of drug-likeness (QED) is 0.372. The highest BCUT2D eigenvalue weighted by Crippen LogP contribution is 2.13. The lowest BCUT2D eigenvalue weighted by atomic mass is 9.95. The first kappa shape index (κ1) is 11.4. The number of nitrogens with zero attached hydrogens (tertiary/aromatic N) is 1. The summed E-state index contributed by atoms with van der Waals surface area (Å²) in [6.07, 6.45) is 3.69. The Morgan fingerprint density at radius 3 is 2.25 bits per heavy atom. The molecule has 0 spiro atoms. The standard InChI is InChI=1S/C6H12N2O.C2H7N/c7-5-1-3-6(8-9)4-2-5;1-2-3/h5,9H,1-4,7H2;2-3H2,1H3. The molecule has 0 aromatic heterocycles. The van der Waals surface area contributed by atoms with E-state index in [4.69, 9.17) is 16.7 Å². The van der Waals surface area contributed by atoms with Crippen molar-refractivity contribution in [2.24, 2.45) is 16.6 Å². The van der Waals surface area contributed by atoms with Crippen LogP contribution >= 0.6 is 0 Å². The van der Waals surface area contributed by atoms with Crippen LogP contribution in [0.2, 0.25) is 0 Å². The molecule has 1 rings (SSSR count). The number of hydrogen-bond donors (Lipinski definition) is 3. The summed E-state index contributed by atoms with van der Waals surface area (Å²) in [6, 6.07) is 0.329. The molecule has 0 aliphatic heterocycles. The minimum atomic E-state index is 0.329. The second-order valence-corrected chi connectivity index (χ2v) is 2.91. The minimum Gasteiger partial charge on any atom is -0.411 e. The van der Waals surface area contributed by atoms with Crippen LogP contribution in [0.5, 0.6) is 0 Å². The molecule has 1 fully saturated rings. The van der Waals surface area contributed by atoms with Crippen LogP contribution in [0.15, 0.2) is 5.16 Å². The molecule has 0 amide bonds. The summed E-state index contributed by atoms with van der Waals surface area (Å²) in [7, 11) is 0. The first-order valence-corrected chi connectivity index (χ1v) is 4.40. The maximum absolute atomic E-state index is 8.32. The average molecular weight is 173 g/mol. The van der Waals surface area contributed by atoms with Crippen molar-refractivity contribution in [3.63, 3.8) is 0 Å². The van der Waals surface area contributed by atoms with Gasteiger partial charge in [0.25, 0.3) is 0 Å². The topological polar surface area (TPSA) is 84.6 Å². The second-order valence-electron chi connectivity index (χ2n) is 2.91. The molecular formula is C8H19N3O. The molecule has 1 aliphatic rings. The smallest absolute Gasteiger partial charge is 0.0572 e. The van der Waals surface area contributed by atoms with Crippen LogP contribution < -0.4 is 11.5 Å². The van der Waals surface area contributed by atoms with E-state index in [0.717, 1.165) is 37.9 Å². The lowest BCUT2D eigenvalue weighted by Gasteiger charge is -2.17. The SMILES string of the molecule is CCN.NC1CCC(=NO)CC1. The molecule has 1 aliphatic carbocycles. The largest absolute Gasteiger partial charge is 0.411 e. The Balaban J connectivity index is 0.000000354. The average Bonchev–Trinajstić information content (AvgIpc) is 2.07. The summed E-state index contributed by atoms with van der Waals surface area (Å²) in [5, 5.41) is 11.5. The summed E-state index contributed by atoms with van der Waals surface area (Å²) in [4.78, 5) is 0. The number of oxime groups is 1. The van der Waals surface area contributed by atoms with E-state index in [9.17, 15) is 0 Å². The molecule has 0 radical (unpaired) electrons. The Morgan fingerprint density at radius 1 is 1.50 bits per heavy atom. The van der Waals surface area contributed by atoms with Crippen molar-refractivity contribution in [1.82, 2.24) is 0 Å². The fourth-order valence-electron chi connectivity index (χ4n) is 1.07. The first-order valence-electron chi connectivity index (χ1n) is 4.40. The molecule has 0 unspecified atom stereocenters. The van der Waals surface area contributed by atoms with Gasteiger partial charge in [0.15, 0.2) is 0 Å². The van der Waals surface area contributed by atoms with Gasteiger partial charge in [0.1, 0.15) is 0 Å². The van der Waals surface area contributed by atoms with Crippen molar-refractivity contribution in [1.29, 1.82) is 0 Å². The van der Waals surface area contributed by atoms with Crippen LogP contribution in [0.25, 0.3) is 0 Å². The third-order valence-corrected chi connectivity index (χ3v) is 1.75.